The SMILES string of the molecule is CC(C)[C@H](N)C(=O)NCC(=O)N(CCc1ccc(F)cc1)C1CCCC1. The monoisotopic (exact) mass is 363 g/mol. The van der Waals surface area contributed by atoms with Gasteiger partial charge < -0.3 is 16.0 Å². The van der Waals surface area contributed by atoms with Crippen molar-refractivity contribution in [2.45, 2.75) is 58.0 Å². The third-order valence-corrected chi connectivity index (χ3v) is 5.08. The second kappa shape index (κ2) is 9.67. The first-order valence-corrected chi connectivity index (χ1v) is 9.45. The zero-order chi connectivity index (χ0) is 19.1. The van der Waals surface area contributed by atoms with E-state index in [0.29, 0.717) is 13.0 Å². The Morgan fingerprint density at radius 2 is 1.85 bits per heavy atom. The summed E-state index contributed by atoms with van der Waals surface area (Å²) >= 11 is 0. The average Bonchev–Trinajstić information content (AvgIpc) is 3.15. The Balaban J connectivity index is 1.94. The van der Waals surface area contributed by atoms with E-state index in [2.05, 4.69) is 5.32 Å². The van der Waals surface area contributed by atoms with Gasteiger partial charge in [0, 0.05) is 12.6 Å². The second-order valence-corrected chi connectivity index (χ2v) is 7.39. The molecule has 6 heteroatoms. The maximum atomic E-state index is 13.0. The third-order valence-electron chi connectivity index (χ3n) is 5.08. The van der Waals surface area contributed by atoms with Crippen molar-refractivity contribution >= 4 is 11.8 Å². The predicted molar refractivity (Wildman–Crippen MR) is 99.9 cm³/mol. The lowest BCUT2D eigenvalue weighted by atomic mass is 10.1. The van der Waals surface area contributed by atoms with Gasteiger partial charge in [0.25, 0.3) is 0 Å². The molecule has 0 heterocycles. The molecule has 0 radical (unpaired) electrons. The van der Waals surface area contributed by atoms with E-state index < -0.39 is 6.04 Å². The standard InChI is InChI=1S/C20H30FN3O2/c1-14(2)19(22)20(26)23-13-18(25)24(17-5-3-4-6-17)12-11-15-7-9-16(21)10-8-15/h7-10,14,17,19H,3-6,11-13,22H2,1-2H3,(H,23,26)/t19-/m0/s1. The lowest BCUT2D eigenvalue weighted by molar-refractivity contribution is -0.135. The highest BCUT2D eigenvalue weighted by atomic mass is 19.1. The largest absolute Gasteiger partial charge is 0.346 e. The van der Waals surface area contributed by atoms with Gasteiger partial charge in [-0.3, -0.25) is 9.59 Å². The van der Waals surface area contributed by atoms with Crippen LogP contribution in [-0.4, -0.2) is 41.9 Å². The van der Waals surface area contributed by atoms with Crippen LogP contribution in [0.3, 0.4) is 0 Å². The van der Waals surface area contributed by atoms with Crippen LogP contribution in [0.15, 0.2) is 24.3 Å². The van der Waals surface area contributed by atoms with Crippen molar-refractivity contribution in [3.63, 3.8) is 0 Å². The van der Waals surface area contributed by atoms with E-state index in [1.165, 1.54) is 12.1 Å². The Morgan fingerprint density at radius 1 is 1.23 bits per heavy atom. The zero-order valence-corrected chi connectivity index (χ0v) is 15.7. The molecule has 0 spiro atoms. The Bertz CT molecular complexity index is 598. The smallest absolute Gasteiger partial charge is 0.242 e. The number of hydrogen-bond acceptors (Lipinski definition) is 3. The first kappa shape index (κ1) is 20.4. The number of nitrogens with two attached hydrogens (primary N) is 1. The zero-order valence-electron chi connectivity index (χ0n) is 15.7. The molecule has 0 unspecified atom stereocenters. The molecule has 3 N–H and O–H groups in total. The Kier molecular flexibility index (Phi) is 7.57. The van der Waals surface area contributed by atoms with Gasteiger partial charge in [-0.15, -0.1) is 0 Å². The summed E-state index contributed by atoms with van der Waals surface area (Å²) in [5, 5.41) is 2.67. The molecule has 0 aromatic heterocycles. The quantitative estimate of drug-likeness (QED) is 0.744. The Labute approximate surface area is 155 Å². The van der Waals surface area contributed by atoms with Crippen molar-refractivity contribution < 1.29 is 14.0 Å². The normalized spacial score (nSPS) is 15.9. The predicted octanol–water partition coefficient (Wildman–Crippen LogP) is 2.24. The second-order valence-electron chi connectivity index (χ2n) is 7.39. The molecule has 1 aliphatic carbocycles. The topological polar surface area (TPSA) is 75.4 Å². The van der Waals surface area contributed by atoms with E-state index in [9.17, 15) is 14.0 Å². The molecule has 144 valence electrons. The molecule has 0 aliphatic heterocycles. The summed E-state index contributed by atoms with van der Waals surface area (Å²) in [6.07, 6.45) is 4.90. The number of nitrogens with one attached hydrogen (secondary N) is 1. The van der Waals surface area contributed by atoms with E-state index in [-0.39, 0.29) is 36.1 Å². The van der Waals surface area contributed by atoms with E-state index in [0.717, 1.165) is 31.2 Å². The van der Waals surface area contributed by atoms with Crippen LogP contribution in [0.4, 0.5) is 4.39 Å². The third kappa shape index (κ3) is 5.80. The first-order chi connectivity index (χ1) is 12.4. The molecule has 0 saturated heterocycles. The molecule has 5 nitrogen and oxygen atoms in total. The summed E-state index contributed by atoms with van der Waals surface area (Å²) in [6.45, 7) is 4.29. The molecule has 1 aliphatic rings. The van der Waals surface area contributed by atoms with E-state index in [1.807, 2.05) is 18.7 Å². The van der Waals surface area contributed by atoms with E-state index >= 15 is 0 Å². The summed E-state index contributed by atoms with van der Waals surface area (Å²) < 4.78 is 13.0. The number of amides is 2. The molecule has 1 fully saturated rings. The van der Waals surface area contributed by atoms with Crippen molar-refractivity contribution in [2.75, 3.05) is 13.1 Å². The van der Waals surface area contributed by atoms with Gasteiger partial charge in [-0.25, -0.2) is 4.39 Å². The van der Waals surface area contributed by atoms with Crippen molar-refractivity contribution in [3.05, 3.63) is 35.6 Å². The number of carbonyl (C=O) groups excluding carboxylic acids is 2. The molecule has 1 atom stereocenters. The first-order valence-electron chi connectivity index (χ1n) is 9.45. The lowest BCUT2D eigenvalue weighted by Crippen LogP contribution is -2.49. The number of hydrogen-bond donors (Lipinski definition) is 2. The molecular formula is C20H30FN3O2. The van der Waals surface area contributed by atoms with Crippen LogP contribution in [0.2, 0.25) is 0 Å². The van der Waals surface area contributed by atoms with Gasteiger partial charge >= 0.3 is 0 Å². The van der Waals surface area contributed by atoms with Gasteiger partial charge in [0.15, 0.2) is 0 Å². The lowest BCUT2D eigenvalue weighted by Gasteiger charge is -2.29. The minimum atomic E-state index is -0.609. The van der Waals surface area contributed by atoms with Crippen LogP contribution in [0.5, 0.6) is 0 Å². The summed E-state index contributed by atoms with van der Waals surface area (Å²) in [7, 11) is 0. The maximum Gasteiger partial charge on any atom is 0.242 e. The van der Waals surface area contributed by atoms with Crippen molar-refractivity contribution in [1.29, 1.82) is 0 Å². The fourth-order valence-corrected chi connectivity index (χ4v) is 3.31. The fraction of sp³-hybridized carbons (Fsp3) is 0.600. The molecule has 1 aromatic carbocycles. The Morgan fingerprint density at radius 3 is 2.42 bits per heavy atom. The summed E-state index contributed by atoms with van der Waals surface area (Å²) in [4.78, 5) is 26.6. The molecule has 26 heavy (non-hydrogen) atoms. The number of carbonyl (C=O) groups is 2. The van der Waals surface area contributed by atoms with Crippen LogP contribution in [0.25, 0.3) is 0 Å². The minimum absolute atomic E-state index is 0.0227. The van der Waals surface area contributed by atoms with Gasteiger partial charge in [-0.05, 0) is 42.9 Å². The molecule has 1 saturated carbocycles. The molecule has 1 aromatic rings. The summed E-state index contributed by atoms with van der Waals surface area (Å²) in [5.41, 5.74) is 6.82. The van der Waals surface area contributed by atoms with Crippen molar-refractivity contribution in [1.82, 2.24) is 10.2 Å². The molecule has 2 rings (SSSR count). The van der Waals surface area contributed by atoms with Gasteiger partial charge in [0.05, 0.1) is 12.6 Å². The maximum absolute atomic E-state index is 13.0. The summed E-state index contributed by atoms with van der Waals surface area (Å²) in [5.74, 6) is -0.613. The van der Waals surface area contributed by atoms with Crippen molar-refractivity contribution in [3.8, 4) is 0 Å². The van der Waals surface area contributed by atoms with E-state index in [4.69, 9.17) is 5.73 Å². The molecule has 2 amide bonds. The van der Waals surface area contributed by atoms with Gasteiger partial charge in [0.1, 0.15) is 5.82 Å². The van der Waals surface area contributed by atoms with Crippen molar-refractivity contribution in [2.24, 2.45) is 11.7 Å². The average molecular weight is 363 g/mol. The van der Waals surface area contributed by atoms with Crippen LogP contribution < -0.4 is 11.1 Å². The highest BCUT2D eigenvalue weighted by Gasteiger charge is 2.27. The van der Waals surface area contributed by atoms with Gasteiger partial charge in [0.2, 0.25) is 11.8 Å². The number of halogens is 1. The van der Waals surface area contributed by atoms with Crippen LogP contribution in [0, 0.1) is 11.7 Å². The van der Waals surface area contributed by atoms with E-state index in [1.54, 1.807) is 12.1 Å². The number of rotatable bonds is 8. The highest BCUT2D eigenvalue weighted by molar-refractivity contribution is 5.87. The minimum Gasteiger partial charge on any atom is -0.346 e. The number of nitrogens with zero attached hydrogens (tertiary/aromatic N) is 1. The number of benzene rings is 1. The highest BCUT2D eigenvalue weighted by Crippen LogP contribution is 2.24. The molecular weight excluding hydrogens is 333 g/mol. The van der Waals surface area contributed by atoms with Crippen LogP contribution in [-0.2, 0) is 16.0 Å². The molecule has 0 bridgehead atoms. The Hall–Kier alpha value is -1.95. The fourth-order valence-electron chi connectivity index (χ4n) is 3.31. The summed E-state index contributed by atoms with van der Waals surface area (Å²) in [6, 6.07) is 5.97. The van der Waals surface area contributed by atoms with Crippen LogP contribution in [0.1, 0.15) is 45.1 Å². The van der Waals surface area contributed by atoms with Gasteiger partial charge in [-0.1, -0.05) is 38.8 Å². The van der Waals surface area contributed by atoms with Gasteiger partial charge in [-0.2, -0.15) is 0 Å². The van der Waals surface area contributed by atoms with Crippen LogP contribution >= 0.6 is 0 Å².